The lowest BCUT2D eigenvalue weighted by atomic mass is 10.4. The van der Waals surface area contributed by atoms with E-state index in [4.69, 9.17) is 4.42 Å². The fraction of sp³-hybridized carbons (Fsp3) is 0.0714. The van der Waals surface area contributed by atoms with E-state index in [2.05, 4.69) is 15.4 Å². The Bertz CT molecular complexity index is 689. The summed E-state index contributed by atoms with van der Waals surface area (Å²) >= 11 is 0. The molecular formula is C14H12N4O2. The third-order valence-corrected chi connectivity index (χ3v) is 2.67. The van der Waals surface area contributed by atoms with E-state index in [-0.39, 0.29) is 11.7 Å². The van der Waals surface area contributed by atoms with Gasteiger partial charge in [0.1, 0.15) is 11.6 Å². The van der Waals surface area contributed by atoms with Crippen molar-refractivity contribution < 1.29 is 9.21 Å². The van der Waals surface area contributed by atoms with Gasteiger partial charge in [0.2, 0.25) is 0 Å². The van der Waals surface area contributed by atoms with Crippen LogP contribution in [0.3, 0.4) is 0 Å². The molecule has 3 aromatic rings. The first-order valence-electron chi connectivity index (χ1n) is 6.10. The molecule has 0 unspecified atom stereocenters. The average Bonchev–Trinajstić information content (AvgIpc) is 3.12. The Hall–Kier alpha value is -2.89. The van der Waals surface area contributed by atoms with Gasteiger partial charge in [0.15, 0.2) is 5.76 Å². The SMILES string of the molecule is O=C(Nc1ccccn1)c1ccc(Cn2cccn2)o1. The first-order chi connectivity index (χ1) is 9.81. The summed E-state index contributed by atoms with van der Waals surface area (Å²) < 4.78 is 7.21. The quantitative estimate of drug-likeness (QED) is 0.787. The zero-order chi connectivity index (χ0) is 13.8. The molecular weight excluding hydrogens is 256 g/mol. The Balaban J connectivity index is 1.68. The van der Waals surface area contributed by atoms with Crippen LogP contribution in [0.5, 0.6) is 0 Å². The van der Waals surface area contributed by atoms with Gasteiger partial charge >= 0.3 is 0 Å². The highest BCUT2D eigenvalue weighted by Crippen LogP contribution is 2.11. The lowest BCUT2D eigenvalue weighted by Gasteiger charge is -2.01. The molecule has 0 fully saturated rings. The Labute approximate surface area is 115 Å². The van der Waals surface area contributed by atoms with Gasteiger partial charge in [-0.25, -0.2) is 4.98 Å². The van der Waals surface area contributed by atoms with E-state index < -0.39 is 0 Å². The zero-order valence-corrected chi connectivity index (χ0v) is 10.6. The van der Waals surface area contributed by atoms with Crippen LogP contribution in [0.4, 0.5) is 5.82 Å². The Morgan fingerprint density at radius 3 is 2.90 bits per heavy atom. The van der Waals surface area contributed by atoms with Crippen LogP contribution in [0.15, 0.2) is 59.4 Å². The third kappa shape index (κ3) is 2.74. The normalized spacial score (nSPS) is 10.4. The van der Waals surface area contributed by atoms with Gasteiger partial charge in [-0.1, -0.05) is 6.07 Å². The first kappa shape index (κ1) is 12.2. The summed E-state index contributed by atoms with van der Waals surface area (Å²) in [5.74, 6) is 1.08. The molecule has 3 aromatic heterocycles. The van der Waals surface area contributed by atoms with Crippen LogP contribution in [0, 0.1) is 0 Å². The molecule has 0 bridgehead atoms. The number of carbonyl (C=O) groups is 1. The predicted octanol–water partition coefficient (Wildman–Crippen LogP) is 2.17. The van der Waals surface area contributed by atoms with E-state index in [0.29, 0.717) is 18.1 Å². The van der Waals surface area contributed by atoms with Gasteiger partial charge in [-0.2, -0.15) is 5.10 Å². The number of furan rings is 1. The Morgan fingerprint density at radius 2 is 2.15 bits per heavy atom. The molecule has 1 N–H and O–H groups in total. The van der Waals surface area contributed by atoms with Crippen molar-refractivity contribution in [3.8, 4) is 0 Å². The van der Waals surface area contributed by atoms with E-state index >= 15 is 0 Å². The molecule has 100 valence electrons. The van der Waals surface area contributed by atoms with Gasteiger partial charge in [-0.15, -0.1) is 0 Å². The van der Waals surface area contributed by atoms with E-state index in [1.54, 1.807) is 47.4 Å². The second-order valence-electron chi connectivity index (χ2n) is 4.14. The highest BCUT2D eigenvalue weighted by Gasteiger charge is 2.12. The van der Waals surface area contributed by atoms with E-state index in [1.165, 1.54) is 0 Å². The minimum Gasteiger partial charge on any atom is -0.454 e. The van der Waals surface area contributed by atoms with Crippen LogP contribution in [0.1, 0.15) is 16.3 Å². The molecule has 0 spiro atoms. The number of hydrogen-bond donors (Lipinski definition) is 1. The second-order valence-corrected chi connectivity index (χ2v) is 4.14. The maximum Gasteiger partial charge on any atom is 0.292 e. The topological polar surface area (TPSA) is 73.0 Å². The van der Waals surface area contributed by atoms with Crippen molar-refractivity contribution in [2.75, 3.05) is 5.32 Å². The van der Waals surface area contributed by atoms with Crippen molar-refractivity contribution in [3.05, 3.63) is 66.5 Å². The van der Waals surface area contributed by atoms with Crippen molar-refractivity contribution in [3.63, 3.8) is 0 Å². The molecule has 6 heteroatoms. The van der Waals surface area contributed by atoms with Crippen LogP contribution in [-0.2, 0) is 6.54 Å². The number of amides is 1. The van der Waals surface area contributed by atoms with Gasteiger partial charge in [0.05, 0.1) is 6.54 Å². The summed E-state index contributed by atoms with van der Waals surface area (Å²) in [6, 6.07) is 10.5. The summed E-state index contributed by atoms with van der Waals surface area (Å²) in [7, 11) is 0. The fourth-order valence-corrected chi connectivity index (χ4v) is 1.75. The minimum atomic E-state index is -0.324. The first-order valence-corrected chi connectivity index (χ1v) is 6.10. The van der Waals surface area contributed by atoms with E-state index in [1.807, 2.05) is 12.3 Å². The maximum atomic E-state index is 12.0. The highest BCUT2D eigenvalue weighted by atomic mass is 16.4. The largest absolute Gasteiger partial charge is 0.454 e. The molecule has 0 aromatic carbocycles. The van der Waals surface area contributed by atoms with Crippen LogP contribution < -0.4 is 5.32 Å². The number of rotatable bonds is 4. The van der Waals surface area contributed by atoms with E-state index in [9.17, 15) is 4.79 Å². The molecule has 1 amide bonds. The number of carbonyl (C=O) groups excluding carboxylic acids is 1. The summed E-state index contributed by atoms with van der Waals surface area (Å²) in [5.41, 5.74) is 0. The maximum absolute atomic E-state index is 12.0. The monoisotopic (exact) mass is 268 g/mol. The molecule has 0 atom stereocenters. The average molecular weight is 268 g/mol. The van der Waals surface area contributed by atoms with Crippen molar-refractivity contribution in [1.29, 1.82) is 0 Å². The van der Waals surface area contributed by atoms with Crippen molar-refractivity contribution >= 4 is 11.7 Å². The van der Waals surface area contributed by atoms with Crippen LogP contribution in [0.2, 0.25) is 0 Å². The van der Waals surface area contributed by atoms with Gasteiger partial charge in [-0.3, -0.25) is 9.48 Å². The van der Waals surface area contributed by atoms with E-state index in [0.717, 1.165) is 0 Å². The van der Waals surface area contributed by atoms with Gasteiger partial charge in [0.25, 0.3) is 5.91 Å². The number of nitrogens with one attached hydrogen (secondary N) is 1. The highest BCUT2D eigenvalue weighted by molar-refractivity contribution is 6.01. The fourth-order valence-electron chi connectivity index (χ4n) is 1.75. The molecule has 0 saturated heterocycles. The predicted molar refractivity (Wildman–Crippen MR) is 72.2 cm³/mol. The Morgan fingerprint density at radius 1 is 1.20 bits per heavy atom. The zero-order valence-electron chi connectivity index (χ0n) is 10.6. The number of pyridine rings is 1. The molecule has 0 saturated carbocycles. The van der Waals surface area contributed by atoms with Crippen LogP contribution in [-0.4, -0.2) is 20.7 Å². The number of anilines is 1. The Kier molecular flexibility index (Phi) is 3.28. The lowest BCUT2D eigenvalue weighted by molar-refractivity contribution is 0.0994. The summed E-state index contributed by atoms with van der Waals surface area (Å²) in [4.78, 5) is 16.0. The van der Waals surface area contributed by atoms with Crippen molar-refractivity contribution in [2.45, 2.75) is 6.54 Å². The number of hydrogen-bond acceptors (Lipinski definition) is 4. The molecule has 3 rings (SSSR count). The summed E-state index contributed by atoms with van der Waals surface area (Å²) in [5, 5.41) is 6.74. The number of aromatic nitrogens is 3. The van der Waals surface area contributed by atoms with Crippen LogP contribution >= 0.6 is 0 Å². The second kappa shape index (κ2) is 5.40. The smallest absolute Gasteiger partial charge is 0.292 e. The molecule has 0 aliphatic carbocycles. The standard InChI is InChI=1S/C14H12N4O2/c19-14(17-13-4-1-2-7-15-13)12-6-5-11(20-12)10-18-9-3-8-16-18/h1-9H,10H2,(H,15,17,19). The van der Waals surface area contributed by atoms with Crippen molar-refractivity contribution in [2.24, 2.45) is 0 Å². The molecule has 20 heavy (non-hydrogen) atoms. The third-order valence-electron chi connectivity index (χ3n) is 2.67. The van der Waals surface area contributed by atoms with Gasteiger partial charge in [0, 0.05) is 18.6 Å². The molecule has 0 radical (unpaired) electrons. The van der Waals surface area contributed by atoms with Crippen molar-refractivity contribution in [1.82, 2.24) is 14.8 Å². The lowest BCUT2D eigenvalue weighted by Crippen LogP contribution is -2.11. The summed E-state index contributed by atoms with van der Waals surface area (Å²) in [6.45, 7) is 0.490. The molecule has 6 nitrogen and oxygen atoms in total. The molecule has 3 heterocycles. The number of nitrogens with zero attached hydrogens (tertiary/aromatic N) is 3. The van der Waals surface area contributed by atoms with Gasteiger partial charge in [-0.05, 0) is 30.3 Å². The van der Waals surface area contributed by atoms with Gasteiger partial charge < -0.3 is 9.73 Å². The molecule has 0 aliphatic heterocycles. The molecule has 0 aliphatic rings. The summed E-state index contributed by atoms with van der Waals surface area (Å²) in [6.07, 6.45) is 5.13. The minimum absolute atomic E-state index is 0.248. The van der Waals surface area contributed by atoms with Crippen LogP contribution in [0.25, 0.3) is 0 Å².